The molecule has 1 saturated carbocycles. The van der Waals surface area contributed by atoms with Gasteiger partial charge in [-0.15, -0.1) is 0 Å². The van der Waals surface area contributed by atoms with Crippen molar-refractivity contribution in [2.24, 2.45) is 5.73 Å². The maximum Gasteiger partial charge on any atom is 0.261 e. The summed E-state index contributed by atoms with van der Waals surface area (Å²) in [6.45, 7) is 0. The lowest BCUT2D eigenvalue weighted by molar-refractivity contribution is 0.229. The highest BCUT2D eigenvalue weighted by molar-refractivity contribution is 5.51. The number of nitrogens with two attached hydrogens (primary N) is 1. The summed E-state index contributed by atoms with van der Waals surface area (Å²) in [5.41, 5.74) is 7.42. The predicted octanol–water partition coefficient (Wildman–Crippen LogP) is 1.66. The van der Waals surface area contributed by atoms with E-state index in [1.54, 1.807) is 23.3 Å². The molecule has 0 saturated heterocycles. The van der Waals surface area contributed by atoms with Crippen LogP contribution in [0.5, 0.6) is 0 Å². The molecule has 1 aliphatic carbocycles. The summed E-state index contributed by atoms with van der Waals surface area (Å²) in [5.74, 6) is 1.02. The highest BCUT2D eigenvalue weighted by atomic mass is 16.5. The van der Waals surface area contributed by atoms with Gasteiger partial charge in [0.25, 0.3) is 5.89 Å². The molecule has 0 bridgehead atoms. The number of pyridine rings is 1. The van der Waals surface area contributed by atoms with Crippen molar-refractivity contribution >= 4 is 0 Å². The van der Waals surface area contributed by atoms with Crippen molar-refractivity contribution in [3.8, 4) is 17.1 Å². The second kappa shape index (κ2) is 4.49. The quantitative estimate of drug-likeness (QED) is 0.784. The van der Waals surface area contributed by atoms with E-state index in [0.29, 0.717) is 11.7 Å². The molecule has 0 spiro atoms. The lowest BCUT2D eigenvalue weighted by atomic mass is 9.77. The number of aromatic nitrogens is 5. The van der Waals surface area contributed by atoms with Crippen molar-refractivity contribution in [1.29, 1.82) is 0 Å². The van der Waals surface area contributed by atoms with E-state index in [2.05, 4.69) is 20.2 Å². The molecule has 3 heterocycles. The summed E-state index contributed by atoms with van der Waals surface area (Å²) in [5, 5.41) is 8.29. The summed E-state index contributed by atoms with van der Waals surface area (Å²) in [6, 6.07) is 3.78. The first-order valence-corrected chi connectivity index (χ1v) is 6.83. The van der Waals surface area contributed by atoms with Crippen molar-refractivity contribution in [3.63, 3.8) is 0 Å². The SMILES string of the molecule is NC1(c2noc(-c3cnn(-c4cccnc4)c3)n2)CCC1. The van der Waals surface area contributed by atoms with Crippen molar-refractivity contribution in [2.45, 2.75) is 24.8 Å². The number of nitrogens with zero attached hydrogens (tertiary/aromatic N) is 5. The van der Waals surface area contributed by atoms with Crippen LogP contribution in [0.1, 0.15) is 25.1 Å². The van der Waals surface area contributed by atoms with E-state index >= 15 is 0 Å². The molecule has 7 heteroatoms. The first kappa shape index (κ1) is 12.2. The van der Waals surface area contributed by atoms with E-state index in [1.165, 1.54) is 0 Å². The van der Waals surface area contributed by atoms with Gasteiger partial charge in [-0.05, 0) is 31.4 Å². The molecule has 1 fully saturated rings. The van der Waals surface area contributed by atoms with E-state index in [-0.39, 0.29) is 0 Å². The fraction of sp³-hybridized carbons (Fsp3) is 0.286. The van der Waals surface area contributed by atoms with Crippen molar-refractivity contribution in [3.05, 3.63) is 42.7 Å². The van der Waals surface area contributed by atoms with E-state index in [1.807, 2.05) is 18.3 Å². The second-order valence-corrected chi connectivity index (χ2v) is 5.32. The minimum absolute atomic E-state index is 0.416. The monoisotopic (exact) mass is 282 g/mol. The van der Waals surface area contributed by atoms with Crippen LogP contribution in [0.2, 0.25) is 0 Å². The molecular formula is C14H14N6O. The molecule has 0 aromatic carbocycles. The molecule has 0 atom stereocenters. The van der Waals surface area contributed by atoms with Crippen molar-refractivity contribution in [2.75, 3.05) is 0 Å². The zero-order chi connectivity index (χ0) is 14.3. The van der Waals surface area contributed by atoms with Crippen LogP contribution in [0.3, 0.4) is 0 Å². The largest absolute Gasteiger partial charge is 0.334 e. The van der Waals surface area contributed by atoms with Gasteiger partial charge in [0.05, 0.1) is 29.2 Å². The van der Waals surface area contributed by atoms with Crippen LogP contribution in [-0.2, 0) is 5.54 Å². The Kier molecular flexibility index (Phi) is 2.61. The van der Waals surface area contributed by atoms with Gasteiger partial charge in [0, 0.05) is 12.4 Å². The number of rotatable bonds is 3. The summed E-state index contributed by atoms with van der Waals surface area (Å²) in [6.07, 6.45) is 9.89. The van der Waals surface area contributed by atoms with Crippen LogP contribution in [-0.4, -0.2) is 24.9 Å². The average Bonchev–Trinajstić information content (AvgIpc) is 3.14. The Morgan fingerprint density at radius 2 is 2.19 bits per heavy atom. The predicted molar refractivity (Wildman–Crippen MR) is 74.4 cm³/mol. The molecule has 7 nitrogen and oxygen atoms in total. The van der Waals surface area contributed by atoms with Gasteiger partial charge >= 0.3 is 0 Å². The van der Waals surface area contributed by atoms with Crippen molar-refractivity contribution < 1.29 is 4.52 Å². The van der Waals surface area contributed by atoms with Gasteiger partial charge in [-0.1, -0.05) is 5.16 Å². The summed E-state index contributed by atoms with van der Waals surface area (Å²) in [7, 11) is 0. The van der Waals surface area contributed by atoms with Crippen LogP contribution in [0.4, 0.5) is 0 Å². The van der Waals surface area contributed by atoms with E-state index in [0.717, 1.165) is 30.5 Å². The molecule has 0 radical (unpaired) electrons. The van der Waals surface area contributed by atoms with Gasteiger partial charge in [-0.25, -0.2) is 4.68 Å². The third-order valence-electron chi connectivity index (χ3n) is 3.86. The zero-order valence-electron chi connectivity index (χ0n) is 11.3. The molecule has 3 aromatic rings. The van der Waals surface area contributed by atoms with Crippen molar-refractivity contribution in [1.82, 2.24) is 24.9 Å². The van der Waals surface area contributed by atoms with Crippen LogP contribution in [0.15, 0.2) is 41.4 Å². The second-order valence-electron chi connectivity index (χ2n) is 5.32. The maximum atomic E-state index is 6.20. The average molecular weight is 282 g/mol. The highest BCUT2D eigenvalue weighted by Gasteiger charge is 2.39. The molecule has 3 aromatic heterocycles. The Labute approximate surface area is 120 Å². The third kappa shape index (κ3) is 2.02. The maximum absolute atomic E-state index is 6.20. The summed E-state index contributed by atoms with van der Waals surface area (Å²) >= 11 is 0. The number of hydrogen-bond acceptors (Lipinski definition) is 6. The Bertz CT molecular complexity index is 759. The highest BCUT2D eigenvalue weighted by Crippen LogP contribution is 2.37. The van der Waals surface area contributed by atoms with E-state index < -0.39 is 5.54 Å². The minimum atomic E-state index is -0.416. The van der Waals surface area contributed by atoms with Gasteiger partial charge in [0.15, 0.2) is 5.82 Å². The Balaban J connectivity index is 1.64. The lowest BCUT2D eigenvalue weighted by Gasteiger charge is -2.34. The van der Waals surface area contributed by atoms with Gasteiger partial charge in [0.2, 0.25) is 0 Å². The zero-order valence-corrected chi connectivity index (χ0v) is 11.3. The molecule has 2 N–H and O–H groups in total. The Hall–Kier alpha value is -2.54. The first-order chi connectivity index (χ1) is 10.2. The number of hydrogen-bond donors (Lipinski definition) is 1. The molecule has 0 aliphatic heterocycles. The van der Waals surface area contributed by atoms with E-state index in [4.69, 9.17) is 10.3 Å². The van der Waals surface area contributed by atoms with E-state index in [9.17, 15) is 0 Å². The molecule has 106 valence electrons. The molecule has 0 unspecified atom stereocenters. The van der Waals surface area contributed by atoms with Gasteiger partial charge in [-0.3, -0.25) is 4.98 Å². The molecule has 1 aliphatic rings. The van der Waals surface area contributed by atoms with Crippen LogP contribution >= 0.6 is 0 Å². The minimum Gasteiger partial charge on any atom is -0.334 e. The first-order valence-electron chi connectivity index (χ1n) is 6.83. The Morgan fingerprint density at radius 3 is 2.90 bits per heavy atom. The molecule has 0 amide bonds. The third-order valence-corrected chi connectivity index (χ3v) is 3.86. The molecule has 4 rings (SSSR count). The fourth-order valence-corrected chi connectivity index (χ4v) is 2.39. The molecule has 21 heavy (non-hydrogen) atoms. The van der Waals surface area contributed by atoms with Gasteiger partial charge in [-0.2, -0.15) is 10.1 Å². The van der Waals surface area contributed by atoms with Crippen LogP contribution < -0.4 is 5.73 Å². The lowest BCUT2D eigenvalue weighted by Crippen LogP contribution is -2.44. The fourth-order valence-electron chi connectivity index (χ4n) is 2.39. The molecular weight excluding hydrogens is 268 g/mol. The summed E-state index contributed by atoms with van der Waals surface area (Å²) in [4.78, 5) is 8.48. The van der Waals surface area contributed by atoms with Crippen LogP contribution in [0, 0.1) is 0 Å². The van der Waals surface area contributed by atoms with Gasteiger partial charge in [0.1, 0.15) is 0 Å². The smallest absolute Gasteiger partial charge is 0.261 e. The Morgan fingerprint density at radius 1 is 1.29 bits per heavy atom. The van der Waals surface area contributed by atoms with Gasteiger partial charge < -0.3 is 10.3 Å². The normalized spacial score (nSPS) is 16.6. The standard InChI is InChI=1S/C14H14N6O/c15-14(4-2-5-14)13-18-12(21-19-13)10-7-17-20(9-10)11-3-1-6-16-8-11/h1,3,6-9H,2,4-5,15H2. The van der Waals surface area contributed by atoms with Crippen LogP contribution in [0.25, 0.3) is 17.1 Å². The summed E-state index contributed by atoms with van der Waals surface area (Å²) < 4.78 is 7.03. The topological polar surface area (TPSA) is 95.7 Å².